The zero-order valence-electron chi connectivity index (χ0n) is 12.5. The zero-order valence-corrected chi connectivity index (χ0v) is 12.5. The number of hydrogen-bond acceptors (Lipinski definition) is 5. The Morgan fingerprint density at radius 3 is 2.37 bits per heavy atom. The van der Waals surface area contributed by atoms with Gasteiger partial charge in [0.25, 0.3) is 0 Å². The summed E-state index contributed by atoms with van der Waals surface area (Å²) in [5, 5.41) is 0. The number of hydrogen-bond donors (Lipinski definition) is 0. The van der Waals surface area contributed by atoms with E-state index in [2.05, 4.69) is 0 Å². The number of nitrogens with zero attached hydrogens (tertiary/aromatic N) is 1. The van der Waals surface area contributed by atoms with Gasteiger partial charge in [-0.15, -0.1) is 0 Å². The van der Waals surface area contributed by atoms with Crippen LogP contribution in [-0.4, -0.2) is 54.5 Å². The highest BCUT2D eigenvalue weighted by Gasteiger charge is 2.47. The highest BCUT2D eigenvalue weighted by molar-refractivity contribution is 5.83. The average molecular weight is 273 g/mol. The Balaban J connectivity index is 2.96. The molecule has 19 heavy (non-hydrogen) atoms. The fourth-order valence-electron chi connectivity index (χ4n) is 2.03. The van der Waals surface area contributed by atoms with Crippen molar-refractivity contribution in [1.29, 1.82) is 0 Å². The summed E-state index contributed by atoms with van der Waals surface area (Å²) < 4.78 is 15.6. The lowest BCUT2D eigenvalue weighted by molar-refractivity contribution is -0.172. The largest absolute Gasteiger partial charge is 0.467 e. The summed E-state index contributed by atoms with van der Waals surface area (Å²) in [5.74, 6) is -0.504. The van der Waals surface area contributed by atoms with Crippen LogP contribution >= 0.6 is 0 Å². The van der Waals surface area contributed by atoms with Gasteiger partial charge in [0.1, 0.15) is 5.60 Å². The maximum absolute atomic E-state index is 12.2. The van der Waals surface area contributed by atoms with Crippen LogP contribution in [0.4, 0.5) is 4.79 Å². The molecule has 1 saturated heterocycles. The number of ether oxygens (including phenoxy) is 3. The molecule has 0 spiro atoms. The number of morpholine rings is 1. The van der Waals surface area contributed by atoms with Crippen LogP contribution in [0.1, 0.15) is 34.6 Å². The van der Waals surface area contributed by atoms with Crippen molar-refractivity contribution in [3.05, 3.63) is 0 Å². The van der Waals surface area contributed by atoms with Crippen molar-refractivity contribution in [2.24, 2.45) is 0 Å². The molecule has 1 amide bonds. The molecule has 0 aliphatic carbocycles. The van der Waals surface area contributed by atoms with Gasteiger partial charge in [0.05, 0.1) is 19.3 Å². The Morgan fingerprint density at radius 2 is 1.89 bits per heavy atom. The van der Waals surface area contributed by atoms with Crippen molar-refractivity contribution < 1.29 is 23.8 Å². The molecule has 1 heterocycles. The summed E-state index contributed by atoms with van der Waals surface area (Å²) in [4.78, 5) is 25.5. The van der Waals surface area contributed by atoms with E-state index in [1.807, 2.05) is 0 Å². The molecule has 0 aromatic heterocycles. The molecule has 0 aromatic carbocycles. The smallest absolute Gasteiger partial charge is 0.411 e. The quantitative estimate of drug-likeness (QED) is 0.679. The normalized spacial score (nSPS) is 22.8. The Hall–Kier alpha value is -1.30. The topological polar surface area (TPSA) is 65.1 Å². The number of rotatable bonds is 1. The lowest BCUT2D eigenvalue weighted by Gasteiger charge is -2.44. The summed E-state index contributed by atoms with van der Waals surface area (Å²) in [6, 6.07) is -0.805. The van der Waals surface area contributed by atoms with Crippen LogP contribution in [0.5, 0.6) is 0 Å². The Kier molecular flexibility index (Phi) is 4.45. The second kappa shape index (κ2) is 5.36. The number of esters is 1. The molecule has 6 heteroatoms. The molecule has 110 valence electrons. The standard InChI is InChI=1S/C13H23NO5/c1-12(2,3)19-11(16)14-7-8-18-13(4,5)9(14)10(15)17-6/h9H,7-8H2,1-6H3. The van der Waals surface area contributed by atoms with Gasteiger partial charge in [-0.1, -0.05) is 0 Å². The minimum atomic E-state index is -0.805. The first kappa shape index (κ1) is 15.8. The molecule has 0 saturated carbocycles. The van der Waals surface area contributed by atoms with E-state index in [1.54, 1.807) is 34.6 Å². The third-order valence-electron chi connectivity index (χ3n) is 2.83. The van der Waals surface area contributed by atoms with Gasteiger partial charge in [-0.2, -0.15) is 0 Å². The van der Waals surface area contributed by atoms with E-state index in [4.69, 9.17) is 14.2 Å². The maximum Gasteiger partial charge on any atom is 0.411 e. The molecule has 6 nitrogen and oxygen atoms in total. The van der Waals surface area contributed by atoms with Crippen molar-refractivity contribution in [3.8, 4) is 0 Å². The Morgan fingerprint density at radius 1 is 1.32 bits per heavy atom. The van der Waals surface area contributed by atoms with Gasteiger partial charge >= 0.3 is 12.1 Å². The third-order valence-corrected chi connectivity index (χ3v) is 2.83. The van der Waals surface area contributed by atoms with Crippen LogP contribution in [0, 0.1) is 0 Å². The van der Waals surface area contributed by atoms with Crippen LogP contribution in [0.25, 0.3) is 0 Å². The molecule has 1 unspecified atom stereocenters. The first-order chi connectivity index (χ1) is 8.58. The van der Waals surface area contributed by atoms with E-state index >= 15 is 0 Å². The second-order valence-electron chi connectivity index (χ2n) is 6.05. The molecule has 1 rings (SSSR count). The summed E-state index contributed by atoms with van der Waals surface area (Å²) >= 11 is 0. The highest BCUT2D eigenvalue weighted by atomic mass is 16.6. The number of carbonyl (C=O) groups excluding carboxylic acids is 2. The van der Waals surface area contributed by atoms with Gasteiger partial charge < -0.3 is 14.2 Å². The average Bonchev–Trinajstić information content (AvgIpc) is 2.24. The van der Waals surface area contributed by atoms with Crippen LogP contribution < -0.4 is 0 Å². The molecule has 1 atom stereocenters. The molecule has 1 aliphatic heterocycles. The van der Waals surface area contributed by atoms with Crippen LogP contribution in [0.3, 0.4) is 0 Å². The summed E-state index contributed by atoms with van der Waals surface area (Å²) in [6.07, 6.45) is -0.528. The molecule has 0 aromatic rings. The molecule has 0 N–H and O–H groups in total. The zero-order chi connectivity index (χ0) is 14.8. The second-order valence-corrected chi connectivity index (χ2v) is 6.05. The van der Waals surface area contributed by atoms with Gasteiger partial charge in [-0.25, -0.2) is 9.59 Å². The SMILES string of the molecule is COC(=O)C1N(C(=O)OC(C)(C)C)CCOC1(C)C. The Bertz CT molecular complexity index is 359. The van der Waals surface area contributed by atoms with Gasteiger partial charge in [0, 0.05) is 6.54 Å². The van der Waals surface area contributed by atoms with E-state index in [9.17, 15) is 9.59 Å². The minimum Gasteiger partial charge on any atom is -0.467 e. The highest BCUT2D eigenvalue weighted by Crippen LogP contribution is 2.27. The maximum atomic E-state index is 12.2. The van der Waals surface area contributed by atoms with Gasteiger partial charge in [-0.3, -0.25) is 4.90 Å². The van der Waals surface area contributed by atoms with Crippen LogP contribution in [0.2, 0.25) is 0 Å². The first-order valence-corrected chi connectivity index (χ1v) is 6.30. The van der Waals surface area contributed by atoms with Crippen molar-refractivity contribution in [1.82, 2.24) is 4.90 Å². The molecule has 1 aliphatic rings. The van der Waals surface area contributed by atoms with E-state index in [1.165, 1.54) is 12.0 Å². The fourth-order valence-corrected chi connectivity index (χ4v) is 2.03. The molecular formula is C13H23NO5. The first-order valence-electron chi connectivity index (χ1n) is 6.30. The molecular weight excluding hydrogens is 250 g/mol. The van der Waals surface area contributed by atoms with E-state index < -0.39 is 29.3 Å². The predicted octanol–water partition coefficient (Wildman–Crippen LogP) is 1.57. The number of amides is 1. The van der Waals surface area contributed by atoms with E-state index in [-0.39, 0.29) is 0 Å². The van der Waals surface area contributed by atoms with Crippen molar-refractivity contribution in [2.75, 3.05) is 20.3 Å². The van der Waals surface area contributed by atoms with Gasteiger partial charge in [0.2, 0.25) is 0 Å². The Labute approximate surface area is 114 Å². The third kappa shape index (κ3) is 3.83. The van der Waals surface area contributed by atoms with Crippen LogP contribution in [-0.2, 0) is 19.0 Å². The lowest BCUT2D eigenvalue weighted by atomic mass is 9.95. The molecule has 1 fully saturated rings. The summed E-state index contributed by atoms with van der Waals surface area (Å²) in [7, 11) is 1.29. The van der Waals surface area contributed by atoms with Crippen LogP contribution in [0.15, 0.2) is 0 Å². The number of carbonyl (C=O) groups is 2. The van der Waals surface area contributed by atoms with Gasteiger partial charge in [-0.05, 0) is 34.6 Å². The van der Waals surface area contributed by atoms with E-state index in [0.717, 1.165) is 0 Å². The number of methoxy groups -OCH3 is 1. The molecule has 0 bridgehead atoms. The van der Waals surface area contributed by atoms with Crippen molar-refractivity contribution in [3.63, 3.8) is 0 Å². The molecule has 0 radical (unpaired) electrons. The lowest BCUT2D eigenvalue weighted by Crippen LogP contribution is -2.62. The van der Waals surface area contributed by atoms with Gasteiger partial charge in [0.15, 0.2) is 6.04 Å². The minimum absolute atomic E-state index is 0.304. The van der Waals surface area contributed by atoms with Crippen molar-refractivity contribution in [2.45, 2.75) is 51.9 Å². The summed E-state index contributed by atoms with van der Waals surface area (Å²) in [5.41, 5.74) is -1.41. The van der Waals surface area contributed by atoms with Crippen molar-refractivity contribution >= 4 is 12.1 Å². The van der Waals surface area contributed by atoms with E-state index in [0.29, 0.717) is 13.2 Å². The summed E-state index contributed by atoms with van der Waals surface area (Å²) in [6.45, 7) is 9.52. The monoisotopic (exact) mass is 273 g/mol. The fraction of sp³-hybridized carbons (Fsp3) is 0.846. The predicted molar refractivity (Wildman–Crippen MR) is 68.8 cm³/mol.